The van der Waals surface area contributed by atoms with Gasteiger partial charge in [0.2, 0.25) is 5.91 Å². The third-order valence-electron chi connectivity index (χ3n) is 4.60. The third-order valence-corrected chi connectivity index (χ3v) is 5.47. The summed E-state index contributed by atoms with van der Waals surface area (Å²) >= 11 is 1.37. The zero-order valence-corrected chi connectivity index (χ0v) is 16.7. The molecule has 0 aliphatic heterocycles. The van der Waals surface area contributed by atoms with Crippen LogP contribution >= 0.6 is 11.3 Å². The second-order valence-electron chi connectivity index (χ2n) is 6.59. The molecule has 0 atom stereocenters. The van der Waals surface area contributed by atoms with Gasteiger partial charge < -0.3 is 15.2 Å². The van der Waals surface area contributed by atoms with Gasteiger partial charge in [0.05, 0.1) is 15.9 Å². The van der Waals surface area contributed by atoms with Crippen LogP contribution in [0.4, 0.5) is 5.69 Å². The van der Waals surface area contributed by atoms with Gasteiger partial charge in [-0.15, -0.1) is 11.3 Å². The summed E-state index contributed by atoms with van der Waals surface area (Å²) in [7, 11) is 1.99. The van der Waals surface area contributed by atoms with E-state index in [1.54, 1.807) is 6.07 Å². The molecule has 2 heterocycles. The molecule has 2 aromatic carbocycles. The number of carbonyl (C=O) groups excluding carboxylic acids is 2. The molecule has 4 rings (SSSR count). The predicted molar refractivity (Wildman–Crippen MR) is 116 cm³/mol. The Labute approximate surface area is 172 Å². The van der Waals surface area contributed by atoms with Crippen LogP contribution in [0.1, 0.15) is 16.1 Å². The molecule has 0 bridgehead atoms. The Kier molecular flexibility index (Phi) is 5.39. The highest BCUT2D eigenvalue weighted by atomic mass is 32.1. The average Bonchev–Trinajstić information content (AvgIpc) is 3.38. The molecule has 0 aliphatic rings. The minimum atomic E-state index is -0.153. The van der Waals surface area contributed by atoms with Crippen molar-refractivity contribution in [2.45, 2.75) is 6.42 Å². The van der Waals surface area contributed by atoms with Crippen molar-refractivity contribution in [3.63, 3.8) is 0 Å². The largest absolute Gasteiger partial charge is 0.351 e. The van der Waals surface area contributed by atoms with E-state index in [4.69, 9.17) is 0 Å². The van der Waals surface area contributed by atoms with E-state index in [1.165, 1.54) is 11.3 Å². The fraction of sp³-hybridized carbons (Fsp3) is 0.136. The molecule has 4 aromatic rings. The number of amides is 2. The summed E-state index contributed by atoms with van der Waals surface area (Å²) in [5.74, 6) is 0.576. The van der Waals surface area contributed by atoms with Crippen molar-refractivity contribution in [1.82, 2.24) is 14.9 Å². The van der Waals surface area contributed by atoms with E-state index >= 15 is 0 Å². The second kappa shape index (κ2) is 8.28. The number of nitrogens with one attached hydrogen (secondary N) is 2. The SMILES string of the molecule is Cn1c(-c2ccc(NC(=O)CCNC(=O)c3cccs3)cc2)nc2ccccc21. The standard InChI is InChI=1S/C22H20N4O2S/c1-26-18-6-3-2-5-17(18)25-21(26)15-8-10-16(11-9-15)24-20(27)12-13-23-22(28)19-7-4-14-29-19/h2-11,14H,12-13H2,1H3,(H,23,28)(H,24,27). The summed E-state index contributed by atoms with van der Waals surface area (Å²) in [5, 5.41) is 7.45. The van der Waals surface area contributed by atoms with E-state index in [2.05, 4.69) is 20.2 Å². The summed E-state index contributed by atoms with van der Waals surface area (Å²) in [6.07, 6.45) is 0.212. The molecular formula is C22H20N4O2S. The lowest BCUT2D eigenvalue weighted by Crippen LogP contribution is -2.27. The van der Waals surface area contributed by atoms with Crippen molar-refractivity contribution in [2.24, 2.45) is 7.05 Å². The van der Waals surface area contributed by atoms with Crippen LogP contribution in [-0.2, 0) is 11.8 Å². The Balaban J connectivity index is 1.34. The molecule has 29 heavy (non-hydrogen) atoms. The number of thiophene rings is 1. The topological polar surface area (TPSA) is 76.0 Å². The first-order chi connectivity index (χ1) is 14.1. The predicted octanol–water partition coefficient (Wildman–Crippen LogP) is 4.06. The van der Waals surface area contributed by atoms with Crippen LogP contribution in [0.3, 0.4) is 0 Å². The van der Waals surface area contributed by atoms with Crippen LogP contribution in [0, 0.1) is 0 Å². The molecule has 0 aliphatic carbocycles. The number of anilines is 1. The molecule has 0 radical (unpaired) electrons. The van der Waals surface area contributed by atoms with Gasteiger partial charge in [0.15, 0.2) is 0 Å². The summed E-state index contributed by atoms with van der Waals surface area (Å²) in [6.45, 7) is 0.292. The molecular weight excluding hydrogens is 384 g/mol. The molecule has 2 amide bonds. The maximum absolute atomic E-state index is 12.1. The van der Waals surface area contributed by atoms with E-state index < -0.39 is 0 Å². The van der Waals surface area contributed by atoms with Gasteiger partial charge >= 0.3 is 0 Å². The van der Waals surface area contributed by atoms with Gasteiger partial charge in [0, 0.05) is 31.3 Å². The molecule has 2 aromatic heterocycles. The molecule has 0 unspecified atom stereocenters. The highest BCUT2D eigenvalue weighted by Crippen LogP contribution is 2.24. The fourth-order valence-corrected chi connectivity index (χ4v) is 3.75. The van der Waals surface area contributed by atoms with Crippen molar-refractivity contribution in [3.05, 3.63) is 70.9 Å². The zero-order chi connectivity index (χ0) is 20.2. The van der Waals surface area contributed by atoms with Gasteiger partial charge in [-0.1, -0.05) is 18.2 Å². The minimum Gasteiger partial charge on any atom is -0.351 e. The lowest BCUT2D eigenvalue weighted by Gasteiger charge is -2.08. The number of imidazole rings is 1. The molecule has 0 saturated carbocycles. The van der Waals surface area contributed by atoms with Crippen LogP contribution in [-0.4, -0.2) is 27.9 Å². The Morgan fingerprint density at radius 2 is 1.83 bits per heavy atom. The van der Waals surface area contributed by atoms with E-state index in [9.17, 15) is 9.59 Å². The smallest absolute Gasteiger partial charge is 0.261 e. The maximum atomic E-state index is 12.1. The molecule has 6 nitrogen and oxygen atoms in total. The van der Waals surface area contributed by atoms with Crippen molar-refractivity contribution in [2.75, 3.05) is 11.9 Å². The first kappa shape index (κ1) is 18.9. The zero-order valence-electron chi connectivity index (χ0n) is 15.9. The molecule has 0 saturated heterocycles. The summed E-state index contributed by atoms with van der Waals surface area (Å²) in [5.41, 5.74) is 3.71. The van der Waals surface area contributed by atoms with Crippen LogP contribution in [0.15, 0.2) is 66.0 Å². The quantitative estimate of drug-likeness (QED) is 0.509. The first-order valence-corrected chi connectivity index (χ1v) is 10.1. The molecule has 2 N–H and O–H groups in total. The van der Waals surface area contributed by atoms with Crippen molar-refractivity contribution >= 4 is 39.9 Å². The first-order valence-electron chi connectivity index (χ1n) is 9.25. The normalized spacial score (nSPS) is 10.8. The van der Waals surface area contributed by atoms with E-state index in [-0.39, 0.29) is 18.2 Å². The van der Waals surface area contributed by atoms with E-state index in [0.717, 1.165) is 22.4 Å². The summed E-state index contributed by atoms with van der Waals surface area (Å²) in [4.78, 5) is 29.3. The fourth-order valence-electron chi connectivity index (χ4n) is 3.11. The average molecular weight is 404 g/mol. The second-order valence-corrected chi connectivity index (χ2v) is 7.54. The third kappa shape index (κ3) is 4.20. The van der Waals surface area contributed by atoms with E-state index in [0.29, 0.717) is 17.1 Å². The van der Waals surface area contributed by atoms with Gasteiger partial charge in [0.1, 0.15) is 5.82 Å². The Morgan fingerprint density at radius 1 is 1.03 bits per heavy atom. The number of hydrogen-bond acceptors (Lipinski definition) is 4. The molecule has 0 spiro atoms. The number of hydrogen-bond donors (Lipinski definition) is 2. The number of aromatic nitrogens is 2. The molecule has 0 fully saturated rings. The number of carbonyl (C=O) groups is 2. The van der Waals surface area contributed by atoms with Gasteiger partial charge in [0.25, 0.3) is 5.91 Å². The highest BCUT2D eigenvalue weighted by Gasteiger charge is 2.10. The van der Waals surface area contributed by atoms with E-state index in [1.807, 2.05) is 67.0 Å². The Morgan fingerprint density at radius 3 is 2.55 bits per heavy atom. The summed E-state index contributed by atoms with van der Waals surface area (Å²) < 4.78 is 2.05. The minimum absolute atomic E-state index is 0.146. The van der Waals surface area contributed by atoms with Crippen LogP contribution in [0.5, 0.6) is 0 Å². The number of fused-ring (bicyclic) bond motifs is 1. The monoisotopic (exact) mass is 404 g/mol. The van der Waals surface area contributed by atoms with Crippen LogP contribution in [0.2, 0.25) is 0 Å². The van der Waals surface area contributed by atoms with Crippen molar-refractivity contribution in [1.29, 1.82) is 0 Å². The molecule has 7 heteroatoms. The lowest BCUT2D eigenvalue weighted by molar-refractivity contribution is -0.116. The van der Waals surface area contributed by atoms with Crippen LogP contribution in [0.25, 0.3) is 22.4 Å². The van der Waals surface area contributed by atoms with Gasteiger partial charge in [-0.2, -0.15) is 0 Å². The number of nitrogens with zero attached hydrogens (tertiary/aromatic N) is 2. The van der Waals surface area contributed by atoms with Crippen LogP contribution < -0.4 is 10.6 Å². The Hall–Kier alpha value is -3.45. The summed E-state index contributed by atoms with van der Waals surface area (Å²) in [6, 6.07) is 19.2. The van der Waals surface area contributed by atoms with Gasteiger partial charge in [-0.25, -0.2) is 4.98 Å². The van der Waals surface area contributed by atoms with Crippen molar-refractivity contribution in [3.8, 4) is 11.4 Å². The van der Waals surface area contributed by atoms with Crippen molar-refractivity contribution < 1.29 is 9.59 Å². The number of rotatable bonds is 6. The number of para-hydroxylation sites is 2. The Bertz CT molecular complexity index is 1150. The lowest BCUT2D eigenvalue weighted by atomic mass is 10.2. The maximum Gasteiger partial charge on any atom is 0.261 e. The molecule has 146 valence electrons. The highest BCUT2D eigenvalue weighted by molar-refractivity contribution is 7.12. The number of aryl methyl sites for hydroxylation is 1. The number of benzene rings is 2. The van der Waals surface area contributed by atoms with Gasteiger partial charge in [-0.3, -0.25) is 9.59 Å². The van der Waals surface area contributed by atoms with Gasteiger partial charge in [-0.05, 0) is 47.8 Å².